The van der Waals surface area contributed by atoms with E-state index in [0.717, 1.165) is 31.4 Å². The van der Waals surface area contributed by atoms with Crippen LogP contribution < -0.4 is 10.4 Å². The lowest BCUT2D eigenvalue weighted by atomic mass is 9.86. The molecule has 0 bridgehead atoms. The van der Waals surface area contributed by atoms with Crippen molar-refractivity contribution in [3.8, 4) is 0 Å². The molecule has 5 heteroatoms. The Kier molecular flexibility index (Phi) is 3.22. The first-order valence-corrected chi connectivity index (χ1v) is 7.93. The van der Waals surface area contributed by atoms with E-state index in [4.69, 9.17) is 0 Å². The molecular weight excluding hydrogens is 292 g/mol. The van der Waals surface area contributed by atoms with Gasteiger partial charge in [-0.2, -0.15) is 0 Å². The summed E-state index contributed by atoms with van der Waals surface area (Å²) in [6.07, 6.45) is 8.10. The van der Waals surface area contributed by atoms with Crippen LogP contribution in [0.3, 0.4) is 0 Å². The van der Waals surface area contributed by atoms with Crippen LogP contribution in [-0.4, -0.2) is 28.8 Å². The number of rotatable bonds is 2. The highest BCUT2D eigenvalue weighted by Crippen LogP contribution is 2.32. The average molecular weight is 310 g/mol. The maximum absolute atomic E-state index is 12.4. The summed E-state index contributed by atoms with van der Waals surface area (Å²) >= 11 is 0. The Labute approximate surface area is 133 Å². The molecule has 1 aliphatic carbocycles. The van der Waals surface area contributed by atoms with Gasteiger partial charge in [-0.1, -0.05) is 24.3 Å². The van der Waals surface area contributed by atoms with Gasteiger partial charge < -0.3 is 10.1 Å². The van der Waals surface area contributed by atoms with Crippen LogP contribution in [-0.2, 0) is 0 Å². The monoisotopic (exact) mass is 310 g/mol. The second-order valence-electron chi connectivity index (χ2n) is 6.37. The van der Waals surface area contributed by atoms with E-state index >= 15 is 0 Å². The molecule has 1 aliphatic heterocycles. The molecule has 0 saturated carbocycles. The summed E-state index contributed by atoms with van der Waals surface area (Å²) in [5, 5.41) is 12.0. The Morgan fingerprint density at radius 1 is 1.09 bits per heavy atom. The number of fused-ring (bicyclic) bond motifs is 2. The lowest BCUT2D eigenvalue weighted by molar-refractivity contribution is 0.0695. The van der Waals surface area contributed by atoms with E-state index in [0.29, 0.717) is 17.2 Å². The number of pyridine rings is 1. The van der Waals surface area contributed by atoms with E-state index in [1.165, 1.54) is 6.20 Å². The van der Waals surface area contributed by atoms with Crippen molar-refractivity contribution in [1.29, 1.82) is 0 Å². The Balaban J connectivity index is 1.85. The first kappa shape index (κ1) is 14.1. The van der Waals surface area contributed by atoms with Crippen LogP contribution in [0.5, 0.6) is 0 Å². The van der Waals surface area contributed by atoms with Crippen molar-refractivity contribution in [1.82, 2.24) is 4.68 Å². The molecule has 0 spiro atoms. The zero-order valence-electron chi connectivity index (χ0n) is 12.7. The van der Waals surface area contributed by atoms with Crippen molar-refractivity contribution in [2.45, 2.75) is 12.8 Å². The normalized spacial score (nSPS) is 23.2. The molecule has 118 valence electrons. The maximum Gasteiger partial charge on any atom is 0.341 e. The molecule has 4 rings (SSSR count). The van der Waals surface area contributed by atoms with Crippen molar-refractivity contribution in [3.63, 3.8) is 0 Å². The summed E-state index contributed by atoms with van der Waals surface area (Å²) in [6, 6.07) is 7.23. The number of aromatic carboxylic acids is 1. The number of carbonyl (C=O) groups is 1. The summed E-state index contributed by atoms with van der Waals surface area (Å²) in [5.74, 6) is 0.0331. The van der Waals surface area contributed by atoms with E-state index < -0.39 is 11.4 Å². The van der Waals surface area contributed by atoms with Gasteiger partial charge in [-0.25, -0.2) is 4.79 Å². The highest BCUT2D eigenvalue weighted by molar-refractivity contribution is 5.92. The smallest absolute Gasteiger partial charge is 0.341 e. The minimum absolute atomic E-state index is 0.170. The highest BCUT2D eigenvalue weighted by Gasteiger charge is 2.33. The third-order valence-electron chi connectivity index (χ3n) is 5.03. The number of para-hydroxylation sites is 1. The first-order valence-electron chi connectivity index (χ1n) is 7.93. The quantitative estimate of drug-likeness (QED) is 0.864. The average Bonchev–Trinajstić information content (AvgIpc) is 2.99. The number of carboxylic acids is 1. The van der Waals surface area contributed by atoms with E-state index in [1.807, 2.05) is 16.8 Å². The molecule has 2 aliphatic rings. The minimum atomic E-state index is -1.17. The van der Waals surface area contributed by atoms with Gasteiger partial charge in [-0.15, -0.1) is 0 Å². The molecular formula is C18H18N2O3. The van der Waals surface area contributed by atoms with Crippen LogP contribution >= 0.6 is 0 Å². The third kappa shape index (κ3) is 2.23. The number of benzene rings is 1. The molecule has 0 radical (unpaired) electrons. The molecule has 1 fully saturated rings. The Morgan fingerprint density at radius 3 is 2.39 bits per heavy atom. The summed E-state index contributed by atoms with van der Waals surface area (Å²) in [5.41, 5.74) is 0.188. The molecule has 2 atom stereocenters. The van der Waals surface area contributed by atoms with Crippen molar-refractivity contribution in [3.05, 3.63) is 58.4 Å². The lowest BCUT2D eigenvalue weighted by Gasteiger charge is -2.24. The zero-order chi connectivity index (χ0) is 16.0. The predicted octanol–water partition coefficient (Wildman–Crippen LogP) is 2.23. The Morgan fingerprint density at radius 2 is 1.74 bits per heavy atom. The number of nitrogens with zero attached hydrogens (tertiary/aromatic N) is 2. The van der Waals surface area contributed by atoms with E-state index in [9.17, 15) is 14.7 Å². The van der Waals surface area contributed by atoms with Gasteiger partial charge in [-0.3, -0.25) is 9.47 Å². The number of carboxylic acid groups (broad SMARTS) is 1. The molecule has 23 heavy (non-hydrogen) atoms. The molecule has 0 amide bonds. The fourth-order valence-electron chi connectivity index (χ4n) is 3.81. The molecule has 1 aromatic heterocycles. The molecule has 1 saturated heterocycles. The molecule has 1 N–H and O–H groups in total. The largest absolute Gasteiger partial charge is 0.477 e. The summed E-state index contributed by atoms with van der Waals surface area (Å²) < 4.78 is 1.87. The maximum atomic E-state index is 12.4. The van der Waals surface area contributed by atoms with Crippen molar-refractivity contribution < 1.29 is 9.90 Å². The fraction of sp³-hybridized carbons (Fsp3) is 0.333. The van der Waals surface area contributed by atoms with Gasteiger partial charge in [0.05, 0.1) is 5.52 Å². The fourth-order valence-corrected chi connectivity index (χ4v) is 3.81. The van der Waals surface area contributed by atoms with Crippen LogP contribution in [0.1, 0.15) is 23.2 Å². The standard InChI is InChI=1S/C18H18N2O3/c21-17-14-7-3-4-8-16(14)20(11-15(17)18(22)23)19-9-12-5-1-2-6-13(12)10-19/h1-4,7-8,11-13H,5-6,9-10H2,(H,22,23). The molecule has 2 aromatic rings. The minimum Gasteiger partial charge on any atom is -0.477 e. The number of allylic oxidation sites excluding steroid dienone is 2. The SMILES string of the molecule is O=C(O)c1cn(N2CC3CC=CCC3C2)c2ccccc2c1=O. The Hall–Kier alpha value is -2.56. The van der Waals surface area contributed by atoms with Gasteiger partial charge >= 0.3 is 5.97 Å². The molecule has 2 heterocycles. The van der Waals surface area contributed by atoms with Gasteiger partial charge in [0.15, 0.2) is 0 Å². The van der Waals surface area contributed by atoms with Gasteiger partial charge in [0.1, 0.15) is 5.56 Å². The predicted molar refractivity (Wildman–Crippen MR) is 88.5 cm³/mol. The summed E-state index contributed by atoms with van der Waals surface area (Å²) in [6.45, 7) is 1.78. The van der Waals surface area contributed by atoms with Gasteiger partial charge in [-0.05, 0) is 36.8 Å². The third-order valence-corrected chi connectivity index (χ3v) is 5.03. The van der Waals surface area contributed by atoms with Gasteiger partial charge in [0.2, 0.25) is 5.43 Å². The number of hydrogen-bond donors (Lipinski definition) is 1. The van der Waals surface area contributed by atoms with Gasteiger partial charge in [0, 0.05) is 24.7 Å². The van der Waals surface area contributed by atoms with Gasteiger partial charge in [0.25, 0.3) is 0 Å². The summed E-state index contributed by atoms with van der Waals surface area (Å²) in [7, 11) is 0. The van der Waals surface area contributed by atoms with E-state index in [1.54, 1.807) is 12.1 Å². The first-order chi connectivity index (χ1) is 11.1. The number of hydrogen-bond acceptors (Lipinski definition) is 3. The van der Waals surface area contributed by atoms with Crippen molar-refractivity contribution in [2.75, 3.05) is 18.1 Å². The zero-order valence-corrected chi connectivity index (χ0v) is 12.7. The second kappa shape index (κ2) is 5.26. The van der Waals surface area contributed by atoms with Crippen LogP contribution in [0, 0.1) is 11.8 Å². The topological polar surface area (TPSA) is 62.5 Å². The molecule has 1 aromatic carbocycles. The van der Waals surface area contributed by atoms with Crippen molar-refractivity contribution in [2.24, 2.45) is 11.8 Å². The van der Waals surface area contributed by atoms with Crippen molar-refractivity contribution >= 4 is 16.9 Å². The Bertz CT molecular complexity index is 852. The van der Waals surface area contributed by atoms with Crippen LogP contribution in [0.2, 0.25) is 0 Å². The van der Waals surface area contributed by atoms with Crippen LogP contribution in [0.4, 0.5) is 0 Å². The molecule has 5 nitrogen and oxygen atoms in total. The second-order valence-corrected chi connectivity index (χ2v) is 6.37. The van der Waals surface area contributed by atoms with Crippen LogP contribution in [0.25, 0.3) is 10.9 Å². The number of aromatic nitrogens is 1. The molecule has 2 unspecified atom stereocenters. The van der Waals surface area contributed by atoms with E-state index in [2.05, 4.69) is 17.2 Å². The van der Waals surface area contributed by atoms with Crippen LogP contribution in [0.15, 0.2) is 47.4 Å². The lowest BCUT2D eigenvalue weighted by Crippen LogP contribution is -2.35. The summed E-state index contributed by atoms with van der Waals surface area (Å²) in [4.78, 5) is 23.8. The van der Waals surface area contributed by atoms with E-state index in [-0.39, 0.29) is 5.56 Å². The highest BCUT2D eigenvalue weighted by atomic mass is 16.4.